The van der Waals surface area contributed by atoms with Gasteiger partial charge in [-0.15, -0.1) is 0 Å². The zero-order valence-corrected chi connectivity index (χ0v) is 6.66. The molecule has 0 amide bonds. The number of nitrogens with one attached hydrogen (secondary N) is 1. The van der Waals surface area contributed by atoms with E-state index < -0.39 is 0 Å². The molecule has 0 atom stereocenters. The summed E-state index contributed by atoms with van der Waals surface area (Å²) in [5.74, 6) is 0. The lowest BCUT2D eigenvalue weighted by molar-refractivity contribution is 0.402. The summed E-state index contributed by atoms with van der Waals surface area (Å²) in [5, 5.41) is 3.67. The van der Waals surface area contributed by atoms with E-state index in [0.717, 1.165) is 0 Å². The van der Waals surface area contributed by atoms with Gasteiger partial charge in [-0.2, -0.15) is 0 Å². The Hall–Kier alpha value is -0.0400. The van der Waals surface area contributed by atoms with Crippen molar-refractivity contribution in [1.29, 1.82) is 0 Å². The summed E-state index contributed by atoms with van der Waals surface area (Å²) in [6.45, 7) is 1.28. The maximum atomic E-state index is 3.67. The third-order valence-electron chi connectivity index (χ3n) is 2.94. The Morgan fingerprint density at radius 3 is 2.40 bits per heavy atom. The van der Waals surface area contributed by atoms with Crippen molar-refractivity contribution in [3.8, 4) is 0 Å². The number of rotatable bonds is 0. The fourth-order valence-electron chi connectivity index (χ4n) is 1.96. The maximum absolute atomic E-state index is 3.67. The molecule has 0 aromatic carbocycles. The highest BCUT2D eigenvalue weighted by atomic mass is 15.0. The molecule has 1 heterocycles. The van der Waals surface area contributed by atoms with E-state index in [1.807, 2.05) is 0 Å². The minimum absolute atomic E-state index is 0.653. The summed E-state index contributed by atoms with van der Waals surface area (Å²) in [5.41, 5.74) is 0.653. The van der Waals surface area contributed by atoms with Crippen LogP contribution < -0.4 is 5.32 Å². The summed E-state index contributed by atoms with van der Waals surface area (Å²) in [7, 11) is 0. The minimum Gasteiger partial charge on any atom is -0.311 e. The van der Waals surface area contributed by atoms with Gasteiger partial charge < -0.3 is 5.32 Å². The van der Waals surface area contributed by atoms with Gasteiger partial charge in [0.05, 0.1) is 0 Å². The predicted molar refractivity (Wildman–Crippen MR) is 43.1 cm³/mol. The Balaban J connectivity index is 1.84. The van der Waals surface area contributed by atoms with Crippen molar-refractivity contribution in [3.63, 3.8) is 0 Å². The molecule has 1 aliphatic carbocycles. The summed E-state index contributed by atoms with van der Waals surface area (Å²) in [6, 6.07) is 0. The molecule has 0 radical (unpaired) electrons. The standard InChI is InChI=1S/C9H17N/c1-2-4-8-10-9(5-3-1)6-7-9/h10H,1-8H2. The van der Waals surface area contributed by atoms with Crippen molar-refractivity contribution in [3.05, 3.63) is 0 Å². The highest BCUT2D eigenvalue weighted by molar-refractivity contribution is 5.01. The first-order valence-electron chi connectivity index (χ1n) is 4.66. The largest absolute Gasteiger partial charge is 0.311 e. The van der Waals surface area contributed by atoms with Gasteiger partial charge in [-0.1, -0.05) is 19.3 Å². The molecule has 58 valence electrons. The third kappa shape index (κ3) is 1.34. The van der Waals surface area contributed by atoms with E-state index >= 15 is 0 Å². The second kappa shape index (κ2) is 2.54. The quantitative estimate of drug-likeness (QED) is 0.541. The van der Waals surface area contributed by atoms with Crippen LogP contribution in [-0.4, -0.2) is 12.1 Å². The monoisotopic (exact) mass is 139 g/mol. The topological polar surface area (TPSA) is 12.0 Å². The fourth-order valence-corrected chi connectivity index (χ4v) is 1.96. The lowest BCUT2D eigenvalue weighted by Crippen LogP contribution is -2.33. The Morgan fingerprint density at radius 1 is 0.800 bits per heavy atom. The molecule has 1 heteroatoms. The average molecular weight is 139 g/mol. The molecule has 2 fully saturated rings. The molecule has 2 aliphatic rings. The van der Waals surface area contributed by atoms with Crippen molar-refractivity contribution in [2.75, 3.05) is 6.54 Å². The van der Waals surface area contributed by atoms with Crippen molar-refractivity contribution in [2.24, 2.45) is 0 Å². The van der Waals surface area contributed by atoms with E-state index in [9.17, 15) is 0 Å². The summed E-state index contributed by atoms with van der Waals surface area (Å²) in [6.07, 6.45) is 10.1. The van der Waals surface area contributed by atoms with E-state index in [0.29, 0.717) is 5.54 Å². The van der Waals surface area contributed by atoms with Gasteiger partial charge in [-0.05, 0) is 32.2 Å². The Bertz CT molecular complexity index is 106. The maximum Gasteiger partial charge on any atom is 0.0182 e. The molecular weight excluding hydrogens is 122 g/mol. The first kappa shape index (κ1) is 6.66. The summed E-state index contributed by atoms with van der Waals surface area (Å²) >= 11 is 0. The van der Waals surface area contributed by atoms with Gasteiger partial charge in [0, 0.05) is 5.54 Å². The second-order valence-corrected chi connectivity index (χ2v) is 3.87. The van der Waals surface area contributed by atoms with E-state index in [2.05, 4.69) is 5.32 Å². The highest BCUT2D eigenvalue weighted by Crippen LogP contribution is 2.40. The highest BCUT2D eigenvalue weighted by Gasteiger charge is 2.41. The van der Waals surface area contributed by atoms with Crippen LogP contribution in [0.2, 0.25) is 0 Å². The molecule has 1 N–H and O–H groups in total. The molecular formula is C9H17N. The molecule has 0 aromatic rings. The Morgan fingerprint density at radius 2 is 1.60 bits per heavy atom. The SMILES string of the molecule is C1CCCC2(CC2)NCC1. The van der Waals surface area contributed by atoms with E-state index in [-0.39, 0.29) is 0 Å². The van der Waals surface area contributed by atoms with Gasteiger partial charge in [0.15, 0.2) is 0 Å². The van der Waals surface area contributed by atoms with Crippen molar-refractivity contribution in [1.82, 2.24) is 5.32 Å². The minimum atomic E-state index is 0.653. The van der Waals surface area contributed by atoms with Gasteiger partial charge in [-0.3, -0.25) is 0 Å². The second-order valence-electron chi connectivity index (χ2n) is 3.87. The van der Waals surface area contributed by atoms with Crippen molar-refractivity contribution in [2.45, 2.75) is 50.5 Å². The molecule has 1 saturated carbocycles. The molecule has 0 unspecified atom stereocenters. The summed E-state index contributed by atoms with van der Waals surface area (Å²) in [4.78, 5) is 0. The normalized spacial score (nSPS) is 31.2. The van der Waals surface area contributed by atoms with E-state index in [1.54, 1.807) is 0 Å². The van der Waals surface area contributed by atoms with Gasteiger partial charge in [-0.25, -0.2) is 0 Å². The molecule has 1 aliphatic heterocycles. The average Bonchev–Trinajstić information content (AvgIpc) is 2.61. The number of hydrogen-bond acceptors (Lipinski definition) is 1. The van der Waals surface area contributed by atoms with Crippen molar-refractivity contribution >= 4 is 0 Å². The lowest BCUT2D eigenvalue weighted by atomic mass is 10.0. The number of hydrogen-bond donors (Lipinski definition) is 1. The van der Waals surface area contributed by atoms with Crippen LogP contribution in [0.5, 0.6) is 0 Å². The van der Waals surface area contributed by atoms with Gasteiger partial charge in [0.1, 0.15) is 0 Å². The zero-order chi connectivity index (χ0) is 6.86. The van der Waals surface area contributed by atoms with Crippen molar-refractivity contribution < 1.29 is 0 Å². The molecule has 1 spiro atoms. The van der Waals surface area contributed by atoms with Gasteiger partial charge >= 0.3 is 0 Å². The van der Waals surface area contributed by atoms with Crippen LogP contribution in [0.25, 0.3) is 0 Å². The van der Waals surface area contributed by atoms with Crippen LogP contribution in [0, 0.1) is 0 Å². The predicted octanol–water partition coefficient (Wildman–Crippen LogP) is 2.07. The third-order valence-corrected chi connectivity index (χ3v) is 2.94. The molecule has 10 heavy (non-hydrogen) atoms. The fraction of sp³-hybridized carbons (Fsp3) is 1.00. The molecule has 0 aromatic heterocycles. The van der Waals surface area contributed by atoms with Gasteiger partial charge in [0.25, 0.3) is 0 Å². The first-order chi connectivity index (χ1) is 4.91. The smallest absolute Gasteiger partial charge is 0.0182 e. The van der Waals surface area contributed by atoms with Crippen LogP contribution in [0.1, 0.15) is 44.9 Å². The Labute approximate surface area is 63.2 Å². The lowest BCUT2D eigenvalue weighted by Gasteiger charge is -2.19. The first-order valence-corrected chi connectivity index (χ1v) is 4.66. The molecule has 1 nitrogen and oxygen atoms in total. The van der Waals surface area contributed by atoms with Crippen LogP contribution in [0.3, 0.4) is 0 Å². The molecule has 2 rings (SSSR count). The molecule has 1 saturated heterocycles. The van der Waals surface area contributed by atoms with Crippen LogP contribution >= 0.6 is 0 Å². The van der Waals surface area contributed by atoms with Crippen LogP contribution in [0.15, 0.2) is 0 Å². The zero-order valence-electron chi connectivity index (χ0n) is 6.66. The van der Waals surface area contributed by atoms with Gasteiger partial charge in [0.2, 0.25) is 0 Å². The summed E-state index contributed by atoms with van der Waals surface area (Å²) < 4.78 is 0. The molecule has 0 bridgehead atoms. The van der Waals surface area contributed by atoms with E-state index in [4.69, 9.17) is 0 Å². The Kier molecular flexibility index (Phi) is 1.69. The van der Waals surface area contributed by atoms with Crippen LogP contribution in [0.4, 0.5) is 0 Å². The van der Waals surface area contributed by atoms with E-state index in [1.165, 1.54) is 51.5 Å². The van der Waals surface area contributed by atoms with Crippen LogP contribution in [-0.2, 0) is 0 Å².